The topological polar surface area (TPSA) is 78.3 Å². The Hall–Kier alpha value is -3.06. The van der Waals surface area contributed by atoms with E-state index in [1.165, 1.54) is 12.7 Å². The maximum absolute atomic E-state index is 12.5. The van der Waals surface area contributed by atoms with E-state index in [0.29, 0.717) is 27.9 Å². The van der Waals surface area contributed by atoms with Gasteiger partial charge in [-0.3, -0.25) is 4.79 Å². The van der Waals surface area contributed by atoms with E-state index in [0.717, 1.165) is 0 Å². The van der Waals surface area contributed by atoms with Gasteiger partial charge in [0.2, 0.25) is 0 Å². The number of hydrogen-bond donors (Lipinski definition) is 1. The first-order valence-corrected chi connectivity index (χ1v) is 8.21. The number of ether oxygens (including phenoxy) is 2. The molecule has 1 N–H and O–H groups in total. The van der Waals surface area contributed by atoms with E-state index in [1.54, 1.807) is 61.2 Å². The van der Waals surface area contributed by atoms with Crippen LogP contribution in [0.15, 0.2) is 55.1 Å². The van der Waals surface area contributed by atoms with Gasteiger partial charge in [-0.15, -0.1) is 0 Å². The third-order valence-electron chi connectivity index (χ3n) is 3.62. The monoisotopic (exact) mass is 372 g/mol. The van der Waals surface area contributed by atoms with Crippen molar-refractivity contribution in [3.63, 3.8) is 0 Å². The van der Waals surface area contributed by atoms with Gasteiger partial charge >= 0.3 is 0 Å². The molecule has 0 fully saturated rings. The van der Waals surface area contributed by atoms with Crippen LogP contribution in [0.3, 0.4) is 0 Å². The van der Waals surface area contributed by atoms with Crippen LogP contribution >= 0.6 is 11.6 Å². The van der Waals surface area contributed by atoms with Crippen LogP contribution in [0.5, 0.6) is 11.5 Å². The number of hydrogen-bond acceptors (Lipinski definition) is 5. The van der Waals surface area contributed by atoms with Crippen molar-refractivity contribution in [1.82, 2.24) is 14.8 Å². The minimum atomic E-state index is -0.717. The summed E-state index contributed by atoms with van der Waals surface area (Å²) in [6.45, 7) is 1.67. The number of methoxy groups -OCH3 is 1. The quantitative estimate of drug-likeness (QED) is 0.718. The molecule has 0 aliphatic rings. The molecular formula is C18H17ClN4O3. The van der Waals surface area contributed by atoms with E-state index < -0.39 is 6.10 Å². The standard InChI is InChI=1S/C18H17ClN4O3/c1-12(26-15-6-4-14(25-2)5-7-15)18(24)22-16-9-13(19)3-8-17(16)23-11-20-10-21-23/h3-12H,1-2H3,(H,22,24). The van der Waals surface area contributed by atoms with Crippen LogP contribution < -0.4 is 14.8 Å². The van der Waals surface area contributed by atoms with Crippen molar-refractivity contribution in [3.05, 3.63) is 60.1 Å². The predicted molar refractivity (Wildman–Crippen MR) is 98.1 cm³/mol. The molecule has 1 aromatic heterocycles. The zero-order valence-electron chi connectivity index (χ0n) is 14.2. The molecule has 0 bridgehead atoms. The molecule has 8 heteroatoms. The lowest BCUT2D eigenvalue weighted by atomic mass is 10.2. The summed E-state index contributed by atoms with van der Waals surface area (Å²) in [5.74, 6) is 0.964. The minimum absolute atomic E-state index is 0.315. The van der Waals surface area contributed by atoms with Gasteiger partial charge in [-0.2, -0.15) is 5.10 Å². The second kappa shape index (κ2) is 7.88. The Kier molecular flexibility index (Phi) is 5.38. The van der Waals surface area contributed by atoms with Gasteiger partial charge in [0.1, 0.15) is 24.2 Å². The molecule has 0 saturated carbocycles. The molecule has 1 heterocycles. The number of carbonyl (C=O) groups is 1. The van der Waals surface area contributed by atoms with Gasteiger partial charge < -0.3 is 14.8 Å². The van der Waals surface area contributed by atoms with E-state index in [9.17, 15) is 4.79 Å². The highest BCUT2D eigenvalue weighted by Crippen LogP contribution is 2.24. The van der Waals surface area contributed by atoms with E-state index in [-0.39, 0.29) is 5.91 Å². The van der Waals surface area contributed by atoms with Crippen molar-refractivity contribution in [3.8, 4) is 17.2 Å². The molecule has 7 nitrogen and oxygen atoms in total. The lowest BCUT2D eigenvalue weighted by Gasteiger charge is -2.17. The van der Waals surface area contributed by atoms with Crippen LogP contribution in [0.4, 0.5) is 5.69 Å². The summed E-state index contributed by atoms with van der Waals surface area (Å²) in [6.07, 6.45) is 2.23. The molecule has 134 valence electrons. The Labute approximate surface area is 155 Å². The molecule has 26 heavy (non-hydrogen) atoms. The predicted octanol–water partition coefficient (Wildman–Crippen LogP) is 3.34. The first kappa shape index (κ1) is 17.8. The molecule has 1 unspecified atom stereocenters. The fourth-order valence-corrected chi connectivity index (χ4v) is 2.46. The molecule has 0 aliphatic heterocycles. The number of aromatic nitrogens is 3. The van der Waals surface area contributed by atoms with Gasteiger partial charge in [-0.1, -0.05) is 11.6 Å². The highest BCUT2D eigenvalue weighted by molar-refractivity contribution is 6.31. The maximum Gasteiger partial charge on any atom is 0.265 e. The Balaban J connectivity index is 1.73. The van der Waals surface area contributed by atoms with Crippen molar-refractivity contribution in [1.29, 1.82) is 0 Å². The maximum atomic E-state index is 12.5. The molecule has 0 saturated heterocycles. The van der Waals surface area contributed by atoms with Crippen LogP contribution in [0.1, 0.15) is 6.92 Å². The molecule has 0 spiro atoms. The van der Waals surface area contributed by atoms with Crippen LogP contribution in [0.2, 0.25) is 5.02 Å². The van der Waals surface area contributed by atoms with Crippen LogP contribution in [0, 0.1) is 0 Å². The molecule has 2 aromatic carbocycles. The summed E-state index contributed by atoms with van der Waals surface area (Å²) in [4.78, 5) is 16.4. The fourth-order valence-electron chi connectivity index (χ4n) is 2.29. The fraction of sp³-hybridized carbons (Fsp3) is 0.167. The molecule has 1 amide bonds. The van der Waals surface area contributed by atoms with Crippen molar-refractivity contribution in [2.75, 3.05) is 12.4 Å². The van der Waals surface area contributed by atoms with Gasteiger partial charge in [0.15, 0.2) is 6.10 Å². The average Bonchev–Trinajstić information content (AvgIpc) is 3.17. The van der Waals surface area contributed by atoms with Crippen molar-refractivity contribution in [2.45, 2.75) is 13.0 Å². The van der Waals surface area contributed by atoms with Gasteiger partial charge in [0, 0.05) is 5.02 Å². The van der Waals surface area contributed by atoms with Crippen LogP contribution in [0.25, 0.3) is 5.69 Å². The van der Waals surface area contributed by atoms with Gasteiger partial charge in [-0.05, 0) is 49.4 Å². The van der Waals surface area contributed by atoms with E-state index in [2.05, 4.69) is 15.4 Å². The largest absolute Gasteiger partial charge is 0.497 e. The number of halogens is 1. The van der Waals surface area contributed by atoms with E-state index in [1.807, 2.05) is 0 Å². The zero-order valence-corrected chi connectivity index (χ0v) is 15.0. The Morgan fingerprint density at radius 1 is 1.19 bits per heavy atom. The average molecular weight is 373 g/mol. The first-order chi connectivity index (χ1) is 12.6. The Bertz CT molecular complexity index is 882. The Morgan fingerprint density at radius 3 is 2.58 bits per heavy atom. The Morgan fingerprint density at radius 2 is 1.92 bits per heavy atom. The normalized spacial score (nSPS) is 11.7. The summed E-state index contributed by atoms with van der Waals surface area (Å²) in [6, 6.07) is 12.1. The molecule has 0 aliphatic carbocycles. The second-order valence-corrected chi connectivity index (χ2v) is 5.86. The summed E-state index contributed by atoms with van der Waals surface area (Å²) in [7, 11) is 1.59. The van der Waals surface area contributed by atoms with Crippen molar-refractivity contribution >= 4 is 23.2 Å². The molecule has 3 rings (SSSR count). The lowest BCUT2D eigenvalue weighted by Crippen LogP contribution is -2.30. The minimum Gasteiger partial charge on any atom is -0.497 e. The van der Waals surface area contributed by atoms with Crippen LogP contribution in [-0.4, -0.2) is 33.9 Å². The smallest absolute Gasteiger partial charge is 0.265 e. The van der Waals surface area contributed by atoms with Crippen LogP contribution in [-0.2, 0) is 4.79 Å². The molecular weight excluding hydrogens is 356 g/mol. The van der Waals surface area contributed by atoms with Gasteiger partial charge in [0.05, 0.1) is 18.5 Å². The number of rotatable bonds is 6. The first-order valence-electron chi connectivity index (χ1n) is 7.83. The molecule has 1 atom stereocenters. The molecule has 0 radical (unpaired) electrons. The third kappa shape index (κ3) is 4.12. The van der Waals surface area contributed by atoms with Crippen molar-refractivity contribution in [2.24, 2.45) is 0 Å². The molecule has 3 aromatic rings. The number of anilines is 1. The van der Waals surface area contributed by atoms with Gasteiger partial charge in [0.25, 0.3) is 5.91 Å². The highest BCUT2D eigenvalue weighted by Gasteiger charge is 2.17. The van der Waals surface area contributed by atoms with Gasteiger partial charge in [-0.25, -0.2) is 9.67 Å². The summed E-state index contributed by atoms with van der Waals surface area (Å²) >= 11 is 6.06. The van der Waals surface area contributed by atoms with Crippen molar-refractivity contribution < 1.29 is 14.3 Å². The van der Waals surface area contributed by atoms with E-state index in [4.69, 9.17) is 21.1 Å². The number of carbonyl (C=O) groups excluding carboxylic acids is 1. The number of amides is 1. The number of nitrogens with one attached hydrogen (secondary N) is 1. The summed E-state index contributed by atoms with van der Waals surface area (Å²) in [5, 5.41) is 7.40. The lowest BCUT2D eigenvalue weighted by molar-refractivity contribution is -0.122. The second-order valence-electron chi connectivity index (χ2n) is 5.43. The third-order valence-corrected chi connectivity index (χ3v) is 3.86. The summed E-state index contributed by atoms with van der Waals surface area (Å²) < 4.78 is 12.3. The van der Waals surface area contributed by atoms with E-state index >= 15 is 0 Å². The number of benzene rings is 2. The SMILES string of the molecule is COc1ccc(OC(C)C(=O)Nc2cc(Cl)ccc2-n2cncn2)cc1. The number of nitrogens with zero attached hydrogens (tertiary/aromatic N) is 3. The summed E-state index contributed by atoms with van der Waals surface area (Å²) in [5.41, 5.74) is 1.16. The highest BCUT2D eigenvalue weighted by atomic mass is 35.5. The zero-order chi connectivity index (χ0) is 18.5.